The molecule has 0 radical (unpaired) electrons. The molecule has 0 bridgehead atoms. The number of nitrogens with zero attached hydrogens (tertiary/aromatic N) is 1. The third-order valence-electron chi connectivity index (χ3n) is 4.98. The van der Waals surface area contributed by atoms with Gasteiger partial charge in [-0.25, -0.2) is 0 Å². The molecule has 3 rings (SSSR count). The van der Waals surface area contributed by atoms with E-state index in [0.717, 1.165) is 12.1 Å². The summed E-state index contributed by atoms with van der Waals surface area (Å²) in [7, 11) is 1.73. The van der Waals surface area contributed by atoms with Gasteiger partial charge in [-0.2, -0.15) is 0 Å². The molecule has 0 fully saturated rings. The Bertz CT molecular complexity index is 1100. The van der Waals surface area contributed by atoms with E-state index in [-0.39, 0.29) is 24.3 Å². The maximum Gasteiger partial charge on any atom is 0.258 e. The number of carbonyl (C=O) groups excluding carboxylic acids is 3. The number of hydrogen-bond donors (Lipinski definition) is 3. The van der Waals surface area contributed by atoms with Crippen LogP contribution >= 0.6 is 0 Å². The lowest BCUT2D eigenvalue weighted by Crippen LogP contribution is -2.26. The monoisotopic (exact) mass is 444 g/mol. The van der Waals surface area contributed by atoms with Crippen LogP contribution in [-0.2, 0) is 4.79 Å². The van der Waals surface area contributed by atoms with Gasteiger partial charge in [-0.05, 0) is 61.0 Å². The molecule has 0 saturated carbocycles. The van der Waals surface area contributed by atoms with E-state index >= 15 is 0 Å². The molecule has 7 heteroatoms. The highest BCUT2D eigenvalue weighted by molar-refractivity contribution is 6.06. The summed E-state index contributed by atoms with van der Waals surface area (Å²) in [4.78, 5) is 38.7. The van der Waals surface area contributed by atoms with E-state index in [0.29, 0.717) is 29.0 Å². The molecule has 3 aromatic carbocycles. The van der Waals surface area contributed by atoms with Gasteiger partial charge in [0.1, 0.15) is 0 Å². The predicted molar refractivity (Wildman–Crippen MR) is 132 cm³/mol. The van der Waals surface area contributed by atoms with Gasteiger partial charge < -0.3 is 20.9 Å². The van der Waals surface area contributed by atoms with Gasteiger partial charge in [-0.15, -0.1) is 0 Å². The topological polar surface area (TPSA) is 90.5 Å². The predicted octanol–water partition coefficient (Wildman–Crippen LogP) is 4.15. The third kappa shape index (κ3) is 6.67. The zero-order chi connectivity index (χ0) is 23.6. The lowest BCUT2D eigenvalue weighted by molar-refractivity contribution is -0.114. The maximum absolute atomic E-state index is 12.8. The zero-order valence-corrected chi connectivity index (χ0v) is 18.8. The Morgan fingerprint density at radius 2 is 1.55 bits per heavy atom. The van der Waals surface area contributed by atoms with Crippen LogP contribution in [-0.4, -0.2) is 37.9 Å². The number of hydrogen-bond acceptors (Lipinski definition) is 4. The summed E-state index contributed by atoms with van der Waals surface area (Å²) >= 11 is 0. The van der Waals surface area contributed by atoms with Crippen LogP contribution in [0.25, 0.3) is 0 Å². The van der Waals surface area contributed by atoms with E-state index in [1.54, 1.807) is 60.5 Å². The van der Waals surface area contributed by atoms with Crippen molar-refractivity contribution in [1.29, 1.82) is 0 Å². The highest BCUT2D eigenvalue weighted by Crippen LogP contribution is 2.17. The number of nitrogens with one attached hydrogen (secondary N) is 3. The Balaban J connectivity index is 1.54. The fourth-order valence-electron chi connectivity index (χ4n) is 3.16. The Labute approximate surface area is 193 Å². The van der Waals surface area contributed by atoms with Crippen LogP contribution in [0.5, 0.6) is 0 Å². The Kier molecular flexibility index (Phi) is 8.18. The van der Waals surface area contributed by atoms with Crippen molar-refractivity contribution in [1.82, 2.24) is 5.32 Å². The van der Waals surface area contributed by atoms with Crippen molar-refractivity contribution in [3.8, 4) is 0 Å². The van der Waals surface area contributed by atoms with Gasteiger partial charge in [-0.1, -0.05) is 31.2 Å². The summed E-state index contributed by atoms with van der Waals surface area (Å²) in [5.41, 5.74) is 3.13. The second-order valence-corrected chi connectivity index (χ2v) is 7.52. The first-order valence-electron chi connectivity index (χ1n) is 10.8. The van der Waals surface area contributed by atoms with Gasteiger partial charge in [0.25, 0.3) is 11.8 Å². The Morgan fingerprint density at radius 1 is 0.818 bits per heavy atom. The van der Waals surface area contributed by atoms with E-state index in [4.69, 9.17) is 0 Å². The van der Waals surface area contributed by atoms with Gasteiger partial charge in [0, 0.05) is 41.8 Å². The Morgan fingerprint density at radius 3 is 2.24 bits per heavy atom. The summed E-state index contributed by atoms with van der Waals surface area (Å²) in [5, 5.41) is 8.65. The largest absolute Gasteiger partial charge is 0.376 e. The molecule has 3 aromatic rings. The van der Waals surface area contributed by atoms with Crippen LogP contribution in [0.1, 0.15) is 34.1 Å². The molecule has 0 aromatic heterocycles. The van der Waals surface area contributed by atoms with E-state index in [2.05, 4.69) is 16.0 Å². The Hall–Kier alpha value is -4.13. The second-order valence-electron chi connectivity index (χ2n) is 7.52. The molecule has 0 unspecified atom stereocenters. The van der Waals surface area contributed by atoms with Crippen molar-refractivity contribution < 1.29 is 14.4 Å². The van der Waals surface area contributed by atoms with Gasteiger partial charge >= 0.3 is 0 Å². The highest BCUT2D eigenvalue weighted by atomic mass is 16.2. The molecular formula is C26H28N4O3. The summed E-state index contributed by atoms with van der Waals surface area (Å²) in [6.45, 7) is 2.65. The average Bonchev–Trinajstić information content (AvgIpc) is 2.86. The number of para-hydroxylation sites is 1. The van der Waals surface area contributed by atoms with Gasteiger partial charge in [0.2, 0.25) is 5.91 Å². The average molecular weight is 445 g/mol. The molecule has 0 aliphatic carbocycles. The molecule has 3 amide bonds. The van der Waals surface area contributed by atoms with Crippen molar-refractivity contribution in [3.05, 3.63) is 90.0 Å². The SMILES string of the molecule is CCCNC(=O)c1ccc(NC(=O)CNc2cccc(C(=O)N(C)c3ccccc3)c2)cc1. The van der Waals surface area contributed by atoms with Crippen molar-refractivity contribution in [3.63, 3.8) is 0 Å². The van der Waals surface area contributed by atoms with Crippen molar-refractivity contribution in [2.24, 2.45) is 0 Å². The molecule has 3 N–H and O–H groups in total. The summed E-state index contributed by atoms with van der Waals surface area (Å²) in [6.07, 6.45) is 0.869. The zero-order valence-electron chi connectivity index (χ0n) is 18.8. The number of anilines is 3. The first-order chi connectivity index (χ1) is 16.0. The van der Waals surface area contributed by atoms with E-state index < -0.39 is 0 Å². The first kappa shape index (κ1) is 23.5. The third-order valence-corrected chi connectivity index (χ3v) is 4.98. The molecule has 0 aliphatic rings. The molecule has 0 aliphatic heterocycles. The lowest BCUT2D eigenvalue weighted by Gasteiger charge is -2.18. The molecule has 33 heavy (non-hydrogen) atoms. The van der Waals surface area contributed by atoms with Crippen LogP contribution in [0, 0.1) is 0 Å². The van der Waals surface area contributed by atoms with E-state index in [9.17, 15) is 14.4 Å². The maximum atomic E-state index is 12.8. The minimum atomic E-state index is -0.240. The number of rotatable bonds is 9. The molecule has 0 saturated heterocycles. The minimum absolute atomic E-state index is 0.0326. The number of benzene rings is 3. The van der Waals surface area contributed by atoms with E-state index in [1.165, 1.54) is 0 Å². The quantitative estimate of drug-likeness (QED) is 0.462. The normalized spacial score (nSPS) is 10.2. The number of carbonyl (C=O) groups is 3. The summed E-state index contributed by atoms with van der Waals surface area (Å²) in [6, 6.07) is 23.2. The second kappa shape index (κ2) is 11.5. The fourth-order valence-corrected chi connectivity index (χ4v) is 3.16. The van der Waals surface area contributed by atoms with Gasteiger partial charge in [0.15, 0.2) is 0 Å². The minimum Gasteiger partial charge on any atom is -0.376 e. The fraction of sp³-hybridized carbons (Fsp3) is 0.192. The molecular weight excluding hydrogens is 416 g/mol. The van der Waals surface area contributed by atoms with Crippen molar-refractivity contribution in [2.75, 3.05) is 35.7 Å². The number of amides is 3. The summed E-state index contributed by atoms with van der Waals surface area (Å²) < 4.78 is 0. The van der Waals surface area contributed by atoms with Gasteiger partial charge in [0.05, 0.1) is 6.54 Å². The van der Waals surface area contributed by atoms with Gasteiger partial charge in [-0.3, -0.25) is 14.4 Å². The van der Waals surface area contributed by atoms with Crippen LogP contribution in [0.4, 0.5) is 17.1 Å². The van der Waals surface area contributed by atoms with Crippen LogP contribution in [0.2, 0.25) is 0 Å². The summed E-state index contributed by atoms with van der Waals surface area (Å²) in [5.74, 6) is -0.516. The van der Waals surface area contributed by atoms with Crippen molar-refractivity contribution >= 4 is 34.8 Å². The first-order valence-corrected chi connectivity index (χ1v) is 10.8. The smallest absolute Gasteiger partial charge is 0.258 e. The molecule has 7 nitrogen and oxygen atoms in total. The molecule has 0 atom stereocenters. The van der Waals surface area contributed by atoms with Crippen molar-refractivity contribution in [2.45, 2.75) is 13.3 Å². The molecule has 0 spiro atoms. The lowest BCUT2D eigenvalue weighted by atomic mass is 10.1. The molecule has 0 heterocycles. The van der Waals surface area contributed by atoms with Crippen LogP contribution in [0.15, 0.2) is 78.9 Å². The highest BCUT2D eigenvalue weighted by Gasteiger charge is 2.14. The molecule has 170 valence electrons. The van der Waals surface area contributed by atoms with Crippen LogP contribution in [0.3, 0.4) is 0 Å². The standard InChI is InChI=1S/C26H28N4O3/c1-3-16-27-25(32)19-12-14-21(15-13-19)29-24(31)18-28-22-9-7-8-20(17-22)26(33)30(2)23-10-5-4-6-11-23/h4-15,17,28H,3,16,18H2,1-2H3,(H,27,32)(H,29,31). The van der Waals surface area contributed by atoms with Crippen LogP contribution < -0.4 is 20.9 Å². The van der Waals surface area contributed by atoms with E-state index in [1.807, 2.05) is 37.3 Å².